The lowest BCUT2D eigenvalue weighted by molar-refractivity contribution is 0.203. The minimum Gasteiger partial charge on any atom is -0.383 e. The van der Waals surface area contributed by atoms with Crippen molar-refractivity contribution >= 4 is 17.3 Å². The predicted molar refractivity (Wildman–Crippen MR) is 92.4 cm³/mol. The number of methoxy groups -OCH3 is 1. The van der Waals surface area contributed by atoms with Crippen molar-refractivity contribution in [1.82, 2.24) is 5.32 Å². The Morgan fingerprint density at radius 2 is 2.00 bits per heavy atom. The molecule has 21 heavy (non-hydrogen) atoms. The van der Waals surface area contributed by atoms with Gasteiger partial charge in [-0.2, -0.15) is 0 Å². The van der Waals surface area contributed by atoms with Gasteiger partial charge in [-0.1, -0.05) is 32.4 Å². The lowest BCUT2D eigenvalue weighted by Crippen LogP contribution is -2.36. The molecule has 1 unspecified atom stereocenters. The van der Waals surface area contributed by atoms with Gasteiger partial charge in [-0.05, 0) is 37.1 Å². The standard InChI is InChI=1S/C17H29ClN2O/c1-6-14(4)20(9-10-21-5)17-8-7-16(18)11-15(17)12-19-13(2)3/h7-8,11,13-14,19H,6,9-10,12H2,1-5H3. The van der Waals surface area contributed by atoms with Gasteiger partial charge in [0, 0.05) is 43.0 Å². The van der Waals surface area contributed by atoms with Gasteiger partial charge in [-0.15, -0.1) is 0 Å². The Labute approximate surface area is 134 Å². The molecule has 0 amide bonds. The van der Waals surface area contributed by atoms with Crippen molar-refractivity contribution in [2.24, 2.45) is 0 Å². The smallest absolute Gasteiger partial charge is 0.0637 e. The maximum atomic E-state index is 6.18. The van der Waals surface area contributed by atoms with Crippen LogP contribution in [0, 0.1) is 0 Å². The van der Waals surface area contributed by atoms with E-state index in [1.165, 1.54) is 11.3 Å². The predicted octanol–water partition coefficient (Wildman–Crippen LogP) is 4.09. The Hall–Kier alpha value is -0.770. The second kappa shape index (κ2) is 9.29. The molecule has 0 radical (unpaired) electrons. The molecule has 1 rings (SSSR count). The minimum atomic E-state index is 0.452. The molecule has 0 saturated heterocycles. The minimum absolute atomic E-state index is 0.452. The Kier molecular flexibility index (Phi) is 8.09. The van der Waals surface area contributed by atoms with Crippen LogP contribution in [0.5, 0.6) is 0 Å². The van der Waals surface area contributed by atoms with Crippen LogP contribution in [0.1, 0.15) is 39.7 Å². The number of benzene rings is 1. The van der Waals surface area contributed by atoms with E-state index in [1.54, 1.807) is 7.11 Å². The zero-order valence-electron chi connectivity index (χ0n) is 13.9. The molecular formula is C17H29ClN2O. The molecule has 0 aromatic heterocycles. The van der Waals surface area contributed by atoms with Crippen LogP contribution in [0.15, 0.2) is 18.2 Å². The van der Waals surface area contributed by atoms with Crippen molar-refractivity contribution in [3.8, 4) is 0 Å². The molecule has 3 nitrogen and oxygen atoms in total. The quantitative estimate of drug-likeness (QED) is 0.743. The van der Waals surface area contributed by atoms with Crippen LogP contribution in [0.25, 0.3) is 0 Å². The lowest BCUT2D eigenvalue weighted by Gasteiger charge is -2.32. The molecule has 1 N–H and O–H groups in total. The Morgan fingerprint density at radius 3 is 2.57 bits per heavy atom. The topological polar surface area (TPSA) is 24.5 Å². The zero-order valence-corrected chi connectivity index (χ0v) is 14.7. The molecular weight excluding hydrogens is 284 g/mol. The fraction of sp³-hybridized carbons (Fsp3) is 0.647. The number of hydrogen-bond acceptors (Lipinski definition) is 3. The van der Waals surface area contributed by atoms with Crippen molar-refractivity contribution in [3.63, 3.8) is 0 Å². The third-order valence-electron chi connectivity index (χ3n) is 3.71. The summed E-state index contributed by atoms with van der Waals surface area (Å²) in [7, 11) is 1.75. The highest BCUT2D eigenvalue weighted by molar-refractivity contribution is 6.30. The van der Waals surface area contributed by atoms with Crippen molar-refractivity contribution in [1.29, 1.82) is 0 Å². The van der Waals surface area contributed by atoms with E-state index in [1.807, 2.05) is 6.07 Å². The van der Waals surface area contributed by atoms with Crippen molar-refractivity contribution in [2.45, 2.75) is 52.7 Å². The first kappa shape index (κ1) is 18.3. The SMILES string of the molecule is CCC(C)N(CCOC)c1ccc(Cl)cc1CNC(C)C. The Morgan fingerprint density at radius 1 is 1.29 bits per heavy atom. The van der Waals surface area contributed by atoms with Crippen LogP contribution >= 0.6 is 11.6 Å². The highest BCUT2D eigenvalue weighted by Crippen LogP contribution is 2.27. The molecule has 1 aromatic rings. The van der Waals surface area contributed by atoms with Gasteiger partial charge in [-0.3, -0.25) is 0 Å². The molecule has 0 spiro atoms. The van der Waals surface area contributed by atoms with E-state index in [-0.39, 0.29) is 0 Å². The summed E-state index contributed by atoms with van der Waals surface area (Å²) < 4.78 is 5.27. The summed E-state index contributed by atoms with van der Waals surface area (Å²) in [5, 5.41) is 4.27. The molecule has 0 aliphatic rings. The van der Waals surface area contributed by atoms with E-state index in [0.29, 0.717) is 12.1 Å². The Balaban J connectivity index is 3.04. The summed E-state index contributed by atoms with van der Waals surface area (Å²) in [6, 6.07) is 7.08. The van der Waals surface area contributed by atoms with Crippen LogP contribution in [0.4, 0.5) is 5.69 Å². The number of rotatable bonds is 9. The van der Waals surface area contributed by atoms with E-state index in [2.05, 4.69) is 50.0 Å². The first-order valence-electron chi connectivity index (χ1n) is 7.77. The van der Waals surface area contributed by atoms with Gasteiger partial charge in [0.25, 0.3) is 0 Å². The monoisotopic (exact) mass is 312 g/mol. The van der Waals surface area contributed by atoms with Gasteiger partial charge in [-0.25, -0.2) is 0 Å². The average Bonchev–Trinajstić information content (AvgIpc) is 2.46. The van der Waals surface area contributed by atoms with E-state index in [0.717, 1.165) is 31.1 Å². The van der Waals surface area contributed by atoms with E-state index in [9.17, 15) is 0 Å². The van der Waals surface area contributed by atoms with Crippen LogP contribution in [0.3, 0.4) is 0 Å². The first-order chi connectivity index (χ1) is 9.99. The number of halogens is 1. The molecule has 0 aliphatic carbocycles. The number of hydrogen-bond donors (Lipinski definition) is 1. The molecule has 0 fully saturated rings. The van der Waals surface area contributed by atoms with E-state index >= 15 is 0 Å². The average molecular weight is 313 g/mol. The fourth-order valence-corrected chi connectivity index (χ4v) is 2.47. The Bertz CT molecular complexity index is 423. The summed E-state index contributed by atoms with van der Waals surface area (Å²) in [5.74, 6) is 0. The molecule has 1 atom stereocenters. The highest BCUT2D eigenvalue weighted by atomic mass is 35.5. The van der Waals surface area contributed by atoms with Gasteiger partial charge >= 0.3 is 0 Å². The van der Waals surface area contributed by atoms with Crippen molar-refractivity contribution in [2.75, 3.05) is 25.2 Å². The van der Waals surface area contributed by atoms with Gasteiger partial charge in [0.1, 0.15) is 0 Å². The number of nitrogens with one attached hydrogen (secondary N) is 1. The maximum Gasteiger partial charge on any atom is 0.0637 e. The van der Waals surface area contributed by atoms with Crippen LogP contribution in [-0.2, 0) is 11.3 Å². The molecule has 0 aliphatic heterocycles. The van der Waals surface area contributed by atoms with Crippen molar-refractivity contribution < 1.29 is 4.74 Å². The molecule has 4 heteroatoms. The second-order valence-corrected chi connectivity index (χ2v) is 6.19. The van der Waals surface area contributed by atoms with Gasteiger partial charge < -0.3 is 15.0 Å². The molecule has 0 bridgehead atoms. The lowest BCUT2D eigenvalue weighted by atomic mass is 10.1. The van der Waals surface area contributed by atoms with Gasteiger partial charge in [0.05, 0.1) is 6.61 Å². The van der Waals surface area contributed by atoms with Gasteiger partial charge in [0.15, 0.2) is 0 Å². The largest absolute Gasteiger partial charge is 0.383 e. The van der Waals surface area contributed by atoms with E-state index in [4.69, 9.17) is 16.3 Å². The van der Waals surface area contributed by atoms with Gasteiger partial charge in [0.2, 0.25) is 0 Å². The normalized spacial score (nSPS) is 12.7. The van der Waals surface area contributed by atoms with Crippen LogP contribution in [0.2, 0.25) is 5.02 Å². The van der Waals surface area contributed by atoms with E-state index < -0.39 is 0 Å². The number of nitrogens with zero attached hydrogens (tertiary/aromatic N) is 1. The van der Waals surface area contributed by atoms with Crippen molar-refractivity contribution in [3.05, 3.63) is 28.8 Å². The summed E-state index contributed by atoms with van der Waals surface area (Å²) in [6.45, 7) is 11.2. The summed E-state index contributed by atoms with van der Waals surface area (Å²) in [5.41, 5.74) is 2.49. The second-order valence-electron chi connectivity index (χ2n) is 5.75. The summed E-state index contributed by atoms with van der Waals surface area (Å²) in [4.78, 5) is 2.41. The summed E-state index contributed by atoms with van der Waals surface area (Å²) in [6.07, 6.45) is 1.10. The molecule has 1 aromatic carbocycles. The fourth-order valence-electron chi connectivity index (χ4n) is 2.28. The van der Waals surface area contributed by atoms with Crippen LogP contribution in [-0.4, -0.2) is 32.3 Å². The van der Waals surface area contributed by atoms with Crippen LogP contribution < -0.4 is 10.2 Å². The number of ether oxygens (including phenoxy) is 1. The third kappa shape index (κ3) is 5.85. The molecule has 120 valence electrons. The summed E-state index contributed by atoms with van der Waals surface area (Å²) >= 11 is 6.18. The first-order valence-corrected chi connectivity index (χ1v) is 8.14. The zero-order chi connectivity index (χ0) is 15.8. The molecule has 0 heterocycles. The maximum absolute atomic E-state index is 6.18. The molecule has 0 saturated carbocycles. The highest BCUT2D eigenvalue weighted by Gasteiger charge is 2.16. The third-order valence-corrected chi connectivity index (χ3v) is 3.95. The number of anilines is 1.